The van der Waals surface area contributed by atoms with Crippen molar-refractivity contribution in [3.8, 4) is 0 Å². The number of aldehydes is 1. The molecule has 0 aromatic heterocycles. The SMILES string of the molecule is O=Cc1cccc(CS(=O)[O-])c1. The van der Waals surface area contributed by atoms with Crippen LogP contribution < -0.4 is 0 Å². The Bertz CT molecular complexity index is 309. The van der Waals surface area contributed by atoms with Crippen molar-refractivity contribution in [1.82, 2.24) is 0 Å². The van der Waals surface area contributed by atoms with Crippen molar-refractivity contribution < 1.29 is 13.6 Å². The molecule has 1 aromatic rings. The highest BCUT2D eigenvalue weighted by Crippen LogP contribution is 2.04. The van der Waals surface area contributed by atoms with Crippen LogP contribution >= 0.6 is 0 Å². The lowest BCUT2D eigenvalue weighted by Crippen LogP contribution is -1.93. The molecule has 0 fully saturated rings. The van der Waals surface area contributed by atoms with E-state index >= 15 is 0 Å². The molecule has 1 atom stereocenters. The van der Waals surface area contributed by atoms with Crippen LogP contribution in [0.15, 0.2) is 24.3 Å². The van der Waals surface area contributed by atoms with Gasteiger partial charge in [-0.1, -0.05) is 29.3 Å². The second-order valence-electron chi connectivity index (χ2n) is 2.31. The summed E-state index contributed by atoms with van der Waals surface area (Å²) in [6.45, 7) is 0. The fourth-order valence-corrected chi connectivity index (χ4v) is 1.34. The first-order valence-corrected chi connectivity index (χ1v) is 4.57. The van der Waals surface area contributed by atoms with E-state index in [1.807, 2.05) is 0 Å². The quantitative estimate of drug-likeness (QED) is 0.516. The molecule has 12 heavy (non-hydrogen) atoms. The average molecular weight is 183 g/mol. The molecule has 3 nitrogen and oxygen atoms in total. The Morgan fingerprint density at radius 2 is 2.25 bits per heavy atom. The van der Waals surface area contributed by atoms with Crippen LogP contribution in [0.25, 0.3) is 0 Å². The van der Waals surface area contributed by atoms with Crippen LogP contribution in [0, 0.1) is 0 Å². The maximum Gasteiger partial charge on any atom is 0.150 e. The van der Waals surface area contributed by atoms with Gasteiger partial charge in [0.1, 0.15) is 6.29 Å². The number of hydrogen-bond donors (Lipinski definition) is 0. The zero-order valence-corrected chi connectivity index (χ0v) is 7.04. The predicted octanol–water partition coefficient (Wildman–Crippen LogP) is 0.878. The number of hydrogen-bond acceptors (Lipinski definition) is 3. The monoisotopic (exact) mass is 183 g/mol. The topological polar surface area (TPSA) is 57.2 Å². The standard InChI is InChI=1S/C8H8O3S/c9-5-7-2-1-3-8(4-7)6-12(10)11/h1-5H,6H2,(H,10,11)/p-1. The average Bonchev–Trinajstić information content (AvgIpc) is 2.03. The first-order chi connectivity index (χ1) is 5.72. The van der Waals surface area contributed by atoms with E-state index in [4.69, 9.17) is 0 Å². The van der Waals surface area contributed by atoms with Gasteiger partial charge in [-0.05, 0) is 11.6 Å². The molecule has 64 valence electrons. The zero-order chi connectivity index (χ0) is 8.97. The molecular weight excluding hydrogens is 176 g/mol. The van der Waals surface area contributed by atoms with E-state index in [9.17, 15) is 13.6 Å². The number of rotatable bonds is 3. The van der Waals surface area contributed by atoms with Crippen LogP contribution in [0.2, 0.25) is 0 Å². The maximum absolute atomic E-state index is 10.3. The van der Waals surface area contributed by atoms with Gasteiger partial charge in [0, 0.05) is 11.3 Å². The van der Waals surface area contributed by atoms with Crippen LogP contribution in [0.1, 0.15) is 15.9 Å². The molecule has 4 heteroatoms. The highest BCUT2D eigenvalue weighted by Gasteiger charge is 1.94. The predicted molar refractivity (Wildman–Crippen MR) is 44.5 cm³/mol. The van der Waals surface area contributed by atoms with Crippen LogP contribution in [-0.2, 0) is 16.8 Å². The molecule has 0 spiro atoms. The summed E-state index contributed by atoms with van der Waals surface area (Å²) in [6.07, 6.45) is 0.692. The van der Waals surface area contributed by atoms with Gasteiger partial charge in [0.15, 0.2) is 0 Å². The van der Waals surface area contributed by atoms with Crippen LogP contribution in [0.3, 0.4) is 0 Å². The Hall–Kier alpha value is -1.00. The Morgan fingerprint density at radius 1 is 1.50 bits per heavy atom. The third-order valence-electron chi connectivity index (χ3n) is 1.37. The third-order valence-corrected chi connectivity index (χ3v) is 1.94. The molecule has 0 aliphatic carbocycles. The summed E-state index contributed by atoms with van der Waals surface area (Å²) in [5, 5.41) is 0. The lowest BCUT2D eigenvalue weighted by Gasteiger charge is -2.04. The van der Waals surface area contributed by atoms with Crippen molar-refractivity contribution in [3.05, 3.63) is 35.4 Å². The van der Waals surface area contributed by atoms with Gasteiger partial charge in [0.05, 0.1) is 0 Å². The van der Waals surface area contributed by atoms with Gasteiger partial charge >= 0.3 is 0 Å². The van der Waals surface area contributed by atoms with E-state index in [0.717, 1.165) is 0 Å². The van der Waals surface area contributed by atoms with Gasteiger partial charge in [0.25, 0.3) is 0 Å². The molecule has 0 heterocycles. The Kier molecular flexibility index (Phi) is 3.13. The van der Waals surface area contributed by atoms with Crippen molar-refractivity contribution >= 4 is 17.4 Å². The number of carbonyl (C=O) groups is 1. The van der Waals surface area contributed by atoms with E-state index in [-0.39, 0.29) is 5.75 Å². The third kappa shape index (κ3) is 2.56. The molecule has 1 rings (SSSR count). The Morgan fingerprint density at radius 3 is 2.83 bits per heavy atom. The van der Waals surface area contributed by atoms with Crippen molar-refractivity contribution in [1.29, 1.82) is 0 Å². The molecule has 0 aliphatic heterocycles. The van der Waals surface area contributed by atoms with Crippen molar-refractivity contribution in [3.63, 3.8) is 0 Å². The van der Waals surface area contributed by atoms with Crippen molar-refractivity contribution in [2.75, 3.05) is 0 Å². The smallest absolute Gasteiger partial charge is 0.150 e. The molecule has 0 saturated carbocycles. The fourth-order valence-electron chi connectivity index (χ4n) is 0.892. The normalized spacial score (nSPS) is 12.4. The molecule has 0 N–H and O–H groups in total. The lowest BCUT2D eigenvalue weighted by molar-refractivity contribution is 0.112. The molecule has 0 bridgehead atoms. The zero-order valence-electron chi connectivity index (χ0n) is 6.23. The van der Waals surface area contributed by atoms with Gasteiger partial charge in [-0.2, -0.15) is 0 Å². The Balaban J connectivity index is 2.86. The summed E-state index contributed by atoms with van der Waals surface area (Å²) in [5.74, 6) is -0.0400. The minimum atomic E-state index is -2.09. The molecule has 1 unspecified atom stereocenters. The van der Waals surface area contributed by atoms with E-state index in [2.05, 4.69) is 0 Å². The summed E-state index contributed by atoms with van der Waals surface area (Å²) in [7, 11) is 0. The van der Waals surface area contributed by atoms with Crippen LogP contribution in [0.5, 0.6) is 0 Å². The second-order valence-corrected chi connectivity index (χ2v) is 3.21. The van der Waals surface area contributed by atoms with E-state index in [0.29, 0.717) is 17.4 Å². The van der Waals surface area contributed by atoms with Gasteiger partial charge in [-0.3, -0.25) is 9.00 Å². The molecule has 0 aliphatic rings. The summed E-state index contributed by atoms with van der Waals surface area (Å²) in [4.78, 5) is 10.3. The molecule has 0 radical (unpaired) electrons. The van der Waals surface area contributed by atoms with Crippen LogP contribution in [0.4, 0.5) is 0 Å². The van der Waals surface area contributed by atoms with Crippen molar-refractivity contribution in [2.45, 2.75) is 5.75 Å². The summed E-state index contributed by atoms with van der Waals surface area (Å²) in [5.41, 5.74) is 1.13. The number of carbonyl (C=O) groups excluding carboxylic acids is 1. The summed E-state index contributed by atoms with van der Waals surface area (Å²) >= 11 is -2.09. The van der Waals surface area contributed by atoms with Gasteiger partial charge in [-0.15, -0.1) is 0 Å². The van der Waals surface area contributed by atoms with Crippen LogP contribution in [-0.4, -0.2) is 15.0 Å². The minimum absolute atomic E-state index is 0.0400. The Labute approximate surface area is 72.7 Å². The first kappa shape index (κ1) is 9.09. The molecular formula is C8H7O3S-. The molecule has 0 amide bonds. The minimum Gasteiger partial charge on any atom is -0.772 e. The first-order valence-electron chi connectivity index (χ1n) is 3.32. The molecule has 0 saturated heterocycles. The summed E-state index contributed by atoms with van der Waals surface area (Å²) in [6, 6.07) is 6.52. The lowest BCUT2D eigenvalue weighted by atomic mass is 10.2. The van der Waals surface area contributed by atoms with Gasteiger partial charge < -0.3 is 4.55 Å². The van der Waals surface area contributed by atoms with Crippen molar-refractivity contribution in [2.24, 2.45) is 0 Å². The number of benzene rings is 1. The fraction of sp³-hybridized carbons (Fsp3) is 0.125. The maximum atomic E-state index is 10.3. The van der Waals surface area contributed by atoms with E-state index < -0.39 is 11.1 Å². The van der Waals surface area contributed by atoms with Gasteiger partial charge in [0.2, 0.25) is 0 Å². The highest BCUT2D eigenvalue weighted by atomic mass is 32.2. The van der Waals surface area contributed by atoms with Gasteiger partial charge in [-0.25, -0.2) is 0 Å². The summed E-state index contributed by atoms with van der Waals surface area (Å²) < 4.78 is 20.6. The van der Waals surface area contributed by atoms with E-state index in [1.54, 1.807) is 24.3 Å². The highest BCUT2D eigenvalue weighted by molar-refractivity contribution is 7.78. The molecule has 1 aromatic carbocycles. The largest absolute Gasteiger partial charge is 0.772 e. The second kappa shape index (κ2) is 4.13. The van der Waals surface area contributed by atoms with E-state index in [1.165, 1.54) is 0 Å².